The number of para-hydroxylation sites is 4. The second kappa shape index (κ2) is 18.0. The van der Waals surface area contributed by atoms with Crippen molar-refractivity contribution in [3.8, 4) is 44.9 Å². The molecule has 0 fully saturated rings. The van der Waals surface area contributed by atoms with E-state index in [4.69, 9.17) is 10.1 Å². The maximum Gasteiger partial charge on any atom is 4.00 e. The van der Waals surface area contributed by atoms with Gasteiger partial charge < -0.3 is 29.3 Å². The number of anilines is 5. The number of aromatic nitrogens is 1. The van der Waals surface area contributed by atoms with Crippen molar-refractivity contribution < 1.29 is 25.8 Å². The Morgan fingerprint density at radius 1 is 0.522 bits per heavy atom. The quantitative estimate of drug-likeness (QED) is 0.135. The minimum Gasteiger partial charge on any atom is -0.653 e. The summed E-state index contributed by atoms with van der Waals surface area (Å²) in [4.78, 5) is 6.80. The number of benzene rings is 9. The molecule has 0 spiro atoms. The molecule has 7 heteroatoms. The summed E-state index contributed by atoms with van der Waals surface area (Å²) in [6.45, 7) is 8.97. The Morgan fingerprint density at radius 3 is 1.80 bits per heavy atom. The molecule has 3 heterocycles. The molecule has 1 unspecified atom stereocenters. The average Bonchev–Trinajstić information content (AvgIpc) is 4.11. The van der Waals surface area contributed by atoms with Gasteiger partial charge in [0.05, 0.1) is 5.69 Å². The summed E-state index contributed by atoms with van der Waals surface area (Å²) in [5.41, 5.74) is 15.2. The van der Waals surface area contributed by atoms with Crippen LogP contribution in [0.1, 0.15) is 32.6 Å². The van der Waals surface area contributed by atoms with Crippen LogP contribution in [0.15, 0.2) is 219 Å². The first-order valence-corrected chi connectivity index (χ1v) is 23.1. The minimum atomic E-state index is -0.439. The first kappa shape index (κ1) is 43.8. The van der Waals surface area contributed by atoms with Gasteiger partial charge in [-0.25, -0.2) is 0 Å². The van der Waals surface area contributed by atoms with E-state index in [0.717, 1.165) is 78.1 Å². The number of ether oxygens (including phenoxy) is 1. The summed E-state index contributed by atoms with van der Waals surface area (Å²) in [5, 5.41) is 7.38. The Morgan fingerprint density at radius 2 is 1.12 bits per heavy atom. The molecule has 0 bridgehead atoms. The van der Waals surface area contributed by atoms with Crippen LogP contribution in [-0.4, -0.2) is 4.57 Å². The summed E-state index contributed by atoms with van der Waals surface area (Å²) in [6.07, 6.45) is 3.58. The van der Waals surface area contributed by atoms with Crippen molar-refractivity contribution in [3.63, 3.8) is 0 Å². The van der Waals surface area contributed by atoms with Crippen LogP contribution < -0.4 is 19.4 Å². The Labute approximate surface area is 418 Å². The Kier molecular flexibility index (Phi) is 11.4. The van der Waals surface area contributed by atoms with Gasteiger partial charge >= 0.3 is 21.1 Å². The normalized spacial score (nSPS) is 14.2. The first-order chi connectivity index (χ1) is 33.4. The molecular formula is C62H47N5OPt. The van der Waals surface area contributed by atoms with Crippen molar-refractivity contribution in [1.29, 1.82) is 0 Å². The predicted octanol–water partition coefficient (Wildman–Crippen LogP) is 16.7. The summed E-state index contributed by atoms with van der Waals surface area (Å²) in [6, 6.07) is 79.9. The van der Waals surface area contributed by atoms with E-state index >= 15 is 0 Å². The van der Waals surface area contributed by atoms with Crippen LogP contribution in [0.2, 0.25) is 0 Å². The number of nitrogens with zero attached hydrogens (tertiary/aromatic N) is 5. The molecule has 0 amide bonds. The fraction of sp³-hybridized carbons (Fsp3) is 0.0806. The summed E-state index contributed by atoms with van der Waals surface area (Å²) < 4.78 is 9.05. The van der Waals surface area contributed by atoms with Crippen LogP contribution >= 0.6 is 0 Å². The van der Waals surface area contributed by atoms with Crippen LogP contribution in [0.25, 0.3) is 60.5 Å². The SMILES string of the molecule is CC(C)(C)c1ccc(-c2ccccc2)c(N2[CH-]N(c3[c-]c(Oc4[c-]c5c(cc4)c4ccccc4n5C4[N-]C=CN4c4c(-c5ccccc5)cccc4-c4ccccc4)ccc3)c3ccccc32)c1.[Pt+4]. The molecule has 2 aliphatic heterocycles. The van der Waals surface area contributed by atoms with Crippen LogP contribution in [0.3, 0.4) is 0 Å². The molecule has 6 nitrogen and oxygen atoms in total. The third-order valence-corrected chi connectivity index (χ3v) is 13.1. The van der Waals surface area contributed by atoms with Gasteiger partial charge in [-0.1, -0.05) is 178 Å². The first-order valence-electron chi connectivity index (χ1n) is 23.1. The van der Waals surface area contributed by atoms with Crippen molar-refractivity contribution in [3.05, 3.63) is 248 Å². The summed E-state index contributed by atoms with van der Waals surface area (Å²) >= 11 is 0. The minimum absolute atomic E-state index is 0. The van der Waals surface area contributed by atoms with Crippen molar-refractivity contribution in [2.75, 3.05) is 14.7 Å². The molecule has 0 aliphatic carbocycles. The fourth-order valence-corrected chi connectivity index (χ4v) is 9.75. The second-order valence-corrected chi connectivity index (χ2v) is 18.3. The van der Waals surface area contributed by atoms with Gasteiger partial charge in [-0.2, -0.15) is 18.3 Å². The molecule has 1 aromatic heterocycles. The topological polar surface area (TPSA) is 38.0 Å². The Balaban J connectivity index is 0.00000520. The van der Waals surface area contributed by atoms with E-state index in [1.807, 2.05) is 24.4 Å². The van der Waals surface area contributed by atoms with Crippen molar-refractivity contribution >= 4 is 50.2 Å². The molecule has 0 saturated carbocycles. The van der Waals surface area contributed by atoms with Gasteiger partial charge in [0.25, 0.3) is 0 Å². The van der Waals surface area contributed by atoms with Gasteiger partial charge in [-0.05, 0) is 63.5 Å². The second-order valence-electron chi connectivity index (χ2n) is 18.3. The molecule has 0 saturated heterocycles. The number of hydrogen-bond acceptors (Lipinski definition) is 4. The number of hydrogen-bond donors (Lipinski definition) is 0. The van der Waals surface area contributed by atoms with Gasteiger partial charge in [0.1, 0.15) is 0 Å². The van der Waals surface area contributed by atoms with Crippen LogP contribution in [0.4, 0.5) is 28.4 Å². The van der Waals surface area contributed by atoms with Gasteiger partial charge in [0.2, 0.25) is 0 Å². The number of rotatable bonds is 9. The summed E-state index contributed by atoms with van der Waals surface area (Å²) in [5.74, 6) is 1.17. The predicted molar refractivity (Wildman–Crippen MR) is 281 cm³/mol. The molecule has 336 valence electrons. The van der Waals surface area contributed by atoms with Gasteiger partial charge in [-0.3, -0.25) is 0 Å². The van der Waals surface area contributed by atoms with E-state index in [-0.39, 0.29) is 26.5 Å². The zero-order valence-corrected chi connectivity index (χ0v) is 40.7. The third kappa shape index (κ3) is 7.95. The third-order valence-electron chi connectivity index (χ3n) is 13.1. The maximum absolute atomic E-state index is 6.76. The van der Waals surface area contributed by atoms with Crippen molar-refractivity contribution in [2.24, 2.45) is 0 Å². The van der Waals surface area contributed by atoms with Crippen molar-refractivity contribution in [1.82, 2.24) is 4.57 Å². The molecule has 2 aliphatic rings. The molecule has 1 atom stereocenters. The van der Waals surface area contributed by atoms with E-state index in [1.165, 1.54) is 11.1 Å². The standard InChI is InChI=1S/C62H47N5O.Pt/c1-62(2,3)46-33-35-50(43-19-7-4-8-20-43)58(39-46)66-42-65(56-31-15-16-32-57(56)66)47-25-17-26-48(40-47)68-49-34-36-54-53-27-13-14-30-55(53)67(59(54)41-49)61-63-37-38-64(61)60-51(44-21-9-5-10-22-44)28-18-29-52(60)45-23-11-6-12-24-45;/h4-39,42,61H,1-3H3;/q-4;+4. The fourth-order valence-electron chi connectivity index (χ4n) is 9.75. The van der Waals surface area contributed by atoms with E-state index in [0.29, 0.717) is 11.5 Å². The molecule has 9 aromatic carbocycles. The van der Waals surface area contributed by atoms with E-state index in [1.54, 1.807) is 0 Å². The number of fused-ring (bicyclic) bond motifs is 4. The van der Waals surface area contributed by atoms with Gasteiger partial charge in [-0.15, -0.1) is 48.1 Å². The monoisotopic (exact) mass is 1070 g/mol. The molecule has 0 N–H and O–H groups in total. The van der Waals surface area contributed by atoms with Gasteiger partial charge in [0, 0.05) is 57.1 Å². The zero-order chi connectivity index (χ0) is 45.8. The van der Waals surface area contributed by atoms with Crippen molar-refractivity contribution in [2.45, 2.75) is 32.5 Å². The van der Waals surface area contributed by atoms with Crippen LogP contribution in [-0.2, 0) is 26.5 Å². The van der Waals surface area contributed by atoms with Gasteiger partial charge in [0.15, 0.2) is 0 Å². The van der Waals surface area contributed by atoms with E-state index in [9.17, 15) is 0 Å². The van der Waals surface area contributed by atoms with E-state index < -0.39 is 6.29 Å². The molecule has 12 rings (SSSR count). The van der Waals surface area contributed by atoms with Crippen LogP contribution in [0, 0.1) is 18.8 Å². The van der Waals surface area contributed by atoms with E-state index in [2.05, 4.69) is 253 Å². The molecule has 69 heavy (non-hydrogen) atoms. The molecule has 10 aromatic rings. The van der Waals surface area contributed by atoms with Crippen LogP contribution in [0.5, 0.6) is 11.5 Å². The Bertz CT molecular complexity index is 3450. The molecule has 0 radical (unpaired) electrons. The summed E-state index contributed by atoms with van der Waals surface area (Å²) in [7, 11) is 0. The molecular weight excluding hydrogens is 1030 g/mol. The maximum atomic E-state index is 6.76. The average molecular weight is 1070 g/mol. The largest absolute Gasteiger partial charge is 4.00 e. The smallest absolute Gasteiger partial charge is 0.653 e. The Hall–Kier alpha value is -7.79. The zero-order valence-electron chi connectivity index (χ0n) is 38.4.